The topological polar surface area (TPSA) is 80.6 Å². The first-order valence-corrected chi connectivity index (χ1v) is 8.48. The minimum atomic E-state index is -4.52. The molecule has 0 atom stereocenters. The number of para-hydroxylation sites is 1. The lowest BCUT2D eigenvalue weighted by Crippen LogP contribution is -2.43. The van der Waals surface area contributed by atoms with Gasteiger partial charge in [-0.1, -0.05) is 24.3 Å². The summed E-state index contributed by atoms with van der Waals surface area (Å²) in [6, 6.07) is 12.5. The Morgan fingerprint density at radius 3 is 2.47 bits per heavy atom. The van der Waals surface area contributed by atoms with E-state index in [1.807, 2.05) is 0 Å². The molecule has 10 heteroatoms. The second kappa shape index (κ2) is 8.68. The van der Waals surface area contributed by atoms with Crippen molar-refractivity contribution in [3.05, 3.63) is 77.8 Å². The number of ether oxygens (including phenoxy) is 1. The van der Waals surface area contributed by atoms with Crippen molar-refractivity contribution in [1.29, 1.82) is 0 Å². The predicted molar refractivity (Wildman–Crippen MR) is 96.6 cm³/mol. The van der Waals surface area contributed by atoms with Gasteiger partial charge in [0, 0.05) is 5.56 Å². The summed E-state index contributed by atoms with van der Waals surface area (Å²) in [6.45, 7) is -0.561. The molecule has 2 N–H and O–H groups in total. The maximum Gasteiger partial charge on any atom is 0.416 e. The van der Waals surface area contributed by atoms with Crippen LogP contribution in [0.1, 0.15) is 16.1 Å². The zero-order valence-electron chi connectivity index (χ0n) is 15.1. The number of benzene rings is 2. The van der Waals surface area contributed by atoms with Crippen LogP contribution >= 0.6 is 0 Å². The number of rotatable bonds is 5. The van der Waals surface area contributed by atoms with E-state index < -0.39 is 36.0 Å². The Hall–Kier alpha value is -3.82. The minimum Gasteiger partial charge on any atom is -0.481 e. The van der Waals surface area contributed by atoms with Gasteiger partial charge in [-0.25, -0.2) is 4.39 Å². The van der Waals surface area contributed by atoms with E-state index >= 15 is 0 Å². The van der Waals surface area contributed by atoms with Crippen molar-refractivity contribution in [3.63, 3.8) is 0 Å². The average molecular weight is 422 g/mol. The number of alkyl halides is 3. The van der Waals surface area contributed by atoms with Gasteiger partial charge in [0.15, 0.2) is 23.9 Å². The van der Waals surface area contributed by atoms with Crippen LogP contribution in [0, 0.1) is 5.82 Å². The summed E-state index contributed by atoms with van der Waals surface area (Å²) in [7, 11) is 0. The first-order valence-electron chi connectivity index (χ1n) is 8.48. The van der Waals surface area contributed by atoms with Crippen molar-refractivity contribution in [2.45, 2.75) is 6.18 Å². The van der Waals surface area contributed by atoms with E-state index in [1.54, 1.807) is 0 Å². The average Bonchev–Trinajstić information content (AvgIpc) is 3.21. The molecule has 1 heterocycles. The second-order valence-corrected chi connectivity index (χ2v) is 5.96. The maximum absolute atomic E-state index is 13.4. The number of carbonyl (C=O) groups excluding carboxylic acids is 2. The Balaban J connectivity index is 1.56. The van der Waals surface area contributed by atoms with Gasteiger partial charge in [0.1, 0.15) is 5.76 Å². The van der Waals surface area contributed by atoms with Gasteiger partial charge < -0.3 is 9.15 Å². The molecule has 0 unspecified atom stereocenters. The Kier molecular flexibility index (Phi) is 6.05. The van der Waals surface area contributed by atoms with Gasteiger partial charge >= 0.3 is 12.1 Å². The van der Waals surface area contributed by atoms with E-state index in [4.69, 9.17) is 9.15 Å². The van der Waals surface area contributed by atoms with Crippen LogP contribution in [0.5, 0.6) is 5.75 Å². The summed E-state index contributed by atoms with van der Waals surface area (Å²) in [6.07, 6.45) is -4.52. The third-order valence-electron chi connectivity index (χ3n) is 3.82. The Labute approximate surface area is 167 Å². The monoisotopic (exact) mass is 422 g/mol. The molecule has 0 aliphatic carbocycles. The third-order valence-corrected chi connectivity index (χ3v) is 3.82. The summed E-state index contributed by atoms with van der Waals surface area (Å²) in [4.78, 5) is 23.8. The molecule has 1 aromatic heterocycles. The van der Waals surface area contributed by atoms with Crippen LogP contribution in [0.4, 0.5) is 17.6 Å². The number of amides is 2. The number of halogens is 4. The van der Waals surface area contributed by atoms with Gasteiger partial charge in [0.05, 0.1) is 5.56 Å². The number of carbonyl (C=O) groups is 2. The Morgan fingerprint density at radius 1 is 0.967 bits per heavy atom. The zero-order chi connectivity index (χ0) is 21.7. The fraction of sp³-hybridized carbons (Fsp3) is 0.100. The highest BCUT2D eigenvalue weighted by atomic mass is 19.4. The van der Waals surface area contributed by atoms with Crippen molar-refractivity contribution in [2.75, 3.05) is 6.61 Å². The van der Waals surface area contributed by atoms with Crippen LogP contribution in [0.25, 0.3) is 11.3 Å². The largest absolute Gasteiger partial charge is 0.481 e. The molecule has 0 saturated heterocycles. The van der Waals surface area contributed by atoms with Crippen LogP contribution in [-0.4, -0.2) is 18.4 Å². The molecular formula is C20H14F4N2O4. The highest BCUT2D eigenvalue weighted by Gasteiger charge is 2.30. The van der Waals surface area contributed by atoms with E-state index in [1.165, 1.54) is 42.5 Å². The molecule has 0 aliphatic rings. The number of furan rings is 1. The molecule has 2 amide bonds. The van der Waals surface area contributed by atoms with Gasteiger partial charge in [-0.2, -0.15) is 13.2 Å². The highest BCUT2D eigenvalue weighted by molar-refractivity contribution is 5.93. The van der Waals surface area contributed by atoms with Crippen LogP contribution in [0.3, 0.4) is 0 Å². The van der Waals surface area contributed by atoms with E-state index in [0.717, 1.165) is 18.2 Å². The molecule has 156 valence electrons. The van der Waals surface area contributed by atoms with Crippen molar-refractivity contribution >= 4 is 11.8 Å². The lowest BCUT2D eigenvalue weighted by Gasteiger charge is -2.08. The molecule has 0 radical (unpaired) electrons. The molecule has 0 aliphatic heterocycles. The number of hydrogen-bond acceptors (Lipinski definition) is 4. The van der Waals surface area contributed by atoms with Gasteiger partial charge in [0.25, 0.3) is 5.91 Å². The van der Waals surface area contributed by atoms with Crippen LogP contribution in [0.15, 0.2) is 65.1 Å². The molecule has 0 spiro atoms. The molecule has 3 rings (SSSR count). The SMILES string of the molecule is O=C(COc1ccccc1F)NNC(=O)c1ccc(-c2cccc(C(F)(F)F)c2)o1. The third kappa shape index (κ3) is 5.16. The van der Waals surface area contributed by atoms with Crippen LogP contribution in [-0.2, 0) is 11.0 Å². The Bertz CT molecular complexity index is 1060. The fourth-order valence-corrected chi connectivity index (χ4v) is 2.39. The summed E-state index contributed by atoms with van der Waals surface area (Å²) in [5.41, 5.74) is 3.39. The number of nitrogens with one attached hydrogen (secondary N) is 2. The predicted octanol–water partition coefficient (Wildman–Crippen LogP) is 3.94. The minimum absolute atomic E-state index is 0.0421. The summed E-state index contributed by atoms with van der Waals surface area (Å²) < 4.78 is 62.1. The summed E-state index contributed by atoms with van der Waals surface area (Å²) in [5.74, 6) is -2.58. The highest BCUT2D eigenvalue weighted by Crippen LogP contribution is 2.32. The lowest BCUT2D eigenvalue weighted by atomic mass is 10.1. The lowest BCUT2D eigenvalue weighted by molar-refractivity contribution is -0.137. The first kappa shape index (κ1) is 20.9. The van der Waals surface area contributed by atoms with Crippen LogP contribution in [0.2, 0.25) is 0 Å². The molecule has 0 bridgehead atoms. The van der Waals surface area contributed by atoms with Crippen molar-refractivity contribution in [1.82, 2.24) is 10.9 Å². The Morgan fingerprint density at radius 2 is 1.73 bits per heavy atom. The first-order chi connectivity index (χ1) is 14.2. The molecular weight excluding hydrogens is 408 g/mol. The molecule has 3 aromatic rings. The molecule has 0 saturated carbocycles. The molecule has 6 nitrogen and oxygen atoms in total. The summed E-state index contributed by atoms with van der Waals surface area (Å²) in [5, 5.41) is 0. The molecule has 2 aromatic carbocycles. The summed E-state index contributed by atoms with van der Waals surface area (Å²) >= 11 is 0. The van der Waals surface area contributed by atoms with Crippen LogP contribution < -0.4 is 15.6 Å². The molecule has 0 fully saturated rings. The fourth-order valence-electron chi connectivity index (χ4n) is 2.39. The van der Waals surface area contributed by atoms with Gasteiger partial charge in [-0.15, -0.1) is 0 Å². The van der Waals surface area contributed by atoms with E-state index in [-0.39, 0.29) is 22.8 Å². The van der Waals surface area contributed by atoms with E-state index in [0.29, 0.717) is 0 Å². The van der Waals surface area contributed by atoms with Gasteiger partial charge in [0.2, 0.25) is 0 Å². The van der Waals surface area contributed by atoms with Gasteiger partial charge in [-0.05, 0) is 36.4 Å². The quantitative estimate of drug-likeness (QED) is 0.482. The van der Waals surface area contributed by atoms with Crippen molar-refractivity contribution in [2.24, 2.45) is 0 Å². The maximum atomic E-state index is 13.4. The number of hydrazine groups is 1. The normalized spacial score (nSPS) is 11.1. The smallest absolute Gasteiger partial charge is 0.416 e. The van der Waals surface area contributed by atoms with E-state index in [2.05, 4.69) is 10.9 Å². The standard InChI is InChI=1S/C20H14F4N2O4/c21-14-6-1-2-7-16(14)29-11-18(27)25-26-19(28)17-9-8-15(30-17)12-4-3-5-13(10-12)20(22,23)24/h1-10H,11H2,(H,25,27)(H,26,28). The van der Waals surface area contributed by atoms with Gasteiger partial charge in [-0.3, -0.25) is 20.4 Å². The van der Waals surface area contributed by atoms with Crippen molar-refractivity contribution < 1.29 is 36.3 Å². The number of hydrogen-bond donors (Lipinski definition) is 2. The zero-order valence-corrected chi connectivity index (χ0v) is 15.1. The molecule has 30 heavy (non-hydrogen) atoms. The van der Waals surface area contributed by atoms with Crippen molar-refractivity contribution in [3.8, 4) is 17.1 Å². The van der Waals surface area contributed by atoms with E-state index in [9.17, 15) is 27.2 Å². The second-order valence-electron chi connectivity index (χ2n) is 5.96.